The van der Waals surface area contributed by atoms with E-state index in [1.54, 1.807) is 24.5 Å². The Balaban J connectivity index is 2.17. The van der Waals surface area contributed by atoms with E-state index >= 15 is 0 Å². The van der Waals surface area contributed by atoms with Crippen LogP contribution in [0.1, 0.15) is 5.56 Å². The molecule has 0 fully saturated rings. The summed E-state index contributed by atoms with van der Waals surface area (Å²) in [6.07, 6.45) is 5.51. The number of hydrogen-bond acceptors (Lipinski definition) is 2. The van der Waals surface area contributed by atoms with Gasteiger partial charge in [0.05, 0.1) is 17.6 Å². The Hall–Kier alpha value is -2.46. The van der Waals surface area contributed by atoms with Crippen molar-refractivity contribution in [2.75, 3.05) is 7.05 Å². The quantitative estimate of drug-likeness (QED) is 0.794. The summed E-state index contributed by atoms with van der Waals surface area (Å²) in [6, 6.07) is 12.6. The molecule has 0 bridgehead atoms. The van der Waals surface area contributed by atoms with Gasteiger partial charge in [-0.05, 0) is 42.9 Å². The lowest BCUT2D eigenvalue weighted by atomic mass is 10.1. The maximum atomic E-state index is 14.1. The van der Waals surface area contributed by atoms with Gasteiger partial charge in [0, 0.05) is 24.5 Å². The highest BCUT2D eigenvalue weighted by Gasteiger charge is 2.12. The van der Waals surface area contributed by atoms with E-state index in [9.17, 15) is 4.39 Å². The number of rotatable bonds is 4. The zero-order valence-electron chi connectivity index (χ0n) is 11.8. The minimum absolute atomic E-state index is 0.225. The van der Waals surface area contributed by atoms with E-state index in [2.05, 4.69) is 10.3 Å². The monoisotopic (exact) mass is 281 g/mol. The molecule has 0 unspecified atom stereocenters. The number of benzene rings is 1. The van der Waals surface area contributed by atoms with Gasteiger partial charge in [0.1, 0.15) is 5.82 Å². The van der Waals surface area contributed by atoms with Crippen molar-refractivity contribution in [3.63, 3.8) is 0 Å². The molecule has 0 aliphatic rings. The molecule has 0 radical (unpaired) electrons. The summed E-state index contributed by atoms with van der Waals surface area (Å²) in [5.74, 6) is -0.225. The van der Waals surface area contributed by atoms with Crippen LogP contribution in [0.4, 0.5) is 4.39 Å². The lowest BCUT2D eigenvalue weighted by Crippen LogP contribution is -2.03. The molecule has 21 heavy (non-hydrogen) atoms. The summed E-state index contributed by atoms with van der Waals surface area (Å²) in [5.41, 5.74) is 3.42. The lowest BCUT2D eigenvalue weighted by Gasteiger charge is -2.09. The molecule has 2 aromatic heterocycles. The van der Waals surface area contributed by atoms with Gasteiger partial charge in [-0.2, -0.15) is 0 Å². The van der Waals surface area contributed by atoms with Gasteiger partial charge in [-0.25, -0.2) is 4.39 Å². The van der Waals surface area contributed by atoms with Crippen molar-refractivity contribution in [1.29, 1.82) is 0 Å². The molecule has 2 heterocycles. The highest BCUT2D eigenvalue weighted by molar-refractivity contribution is 5.64. The summed E-state index contributed by atoms with van der Waals surface area (Å²) in [6.45, 7) is 0.731. The number of aromatic nitrogens is 2. The number of nitrogens with zero attached hydrogens (tertiary/aromatic N) is 2. The van der Waals surface area contributed by atoms with Gasteiger partial charge in [0.15, 0.2) is 0 Å². The van der Waals surface area contributed by atoms with Crippen molar-refractivity contribution in [1.82, 2.24) is 14.9 Å². The van der Waals surface area contributed by atoms with Crippen LogP contribution in [0.3, 0.4) is 0 Å². The average molecular weight is 281 g/mol. The van der Waals surface area contributed by atoms with E-state index in [-0.39, 0.29) is 5.82 Å². The van der Waals surface area contributed by atoms with Crippen molar-refractivity contribution < 1.29 is 4.39 Å². The Kier molecular flexibility index (Phi) is 3.79. The molecule has 0 aliphatic heterocycles. The summed E-state index contributed by atoms with van der Waals surface area (Å²) >= 11 is 0. The highest BCUT2D eigenvalue weighted by atomic mass is 19.1. The molecule has 0 saturated carbocycles. The van der Waals surface area contributed by atoms with E-state index < -0.39 is 0 Å². The zero-order valence-corrected chi connectivity index (χ0v) is 11.8. The molecule has 0 amide bonds. The van der Waals surface area contributed by atoms with E-state index in [0.29, 0.717) is 5.56 Å². The van der Waals surface area contributed by atoms with Crippen molar-refractivity contribution in [3.8, 4) is 16.9 Å². The topological polar surface area (TPSA) is 29.9 Å². The Morgan fingerprint density at radius 3 is 2.76 bits per heavy atom. The predicted molar refractivity (Wildman–Crippen MR) is 81.7 cm³/mol. The van der Waals surface area contributed by atoms with Gasteiger partial charge in [-0.1, -0.05) is 12.1 Å². The predicted octanol–water partition coefficient (Wildman–Crippen LogP) is 3.40. The first-order valence-corrected chi connectivity index (χ1v) is 6.81. The minimum Gasteiger partial charge on any atom is -0.316 e. The van der Waals surface area contributed by atoms with Gasteiger partial charge in [0.25, 0.3) is 0 Å². The molecule has 3 rings (SSSR count). The van der Waals surface area contributed by atoms with Gasteiger partial charge >= 0.3 is 0 Å². The minimum atomic E-state index is -0.225. The van der Waals surface area contributed by atoms with E-state index in [4.69, 9.17) is 0 Å². The summed E-state index contributed by atoms with van der Waals surface area (Å²) in [4.78, 5) is 4.14. The third-order valence-electron chi connectivity index (χ3n) is 3.33. The second kappa shape index (κ2) is 5.89. The highest BCUT2D eigenvalue weighted by Crippen LogP contribution is 2.27. The smallest absolute Gasteiger partial charge is 0.132 e. The Bertz CT molecular complexity index is 735. The zero-order chi connectivity index (χ0) is 14.7. The molecule has 4 heteroatoms. The first kappa shape index (κ1) is 13.5. The van der Waals surface area contributed by atoms with Crippen LogP contribution in [0, 0.1) is 5.82 Å². The SMILES string of the molecule is CNCc1cc(-c2ccccc2F)n(-c2cccnc2)c1. The fraction of sp³-hybridized carbons (Fsp3) is 0.118. The maximum Gasteiger partial charge on any atom is 0.132 e. The second-order valence-corrected chi connectivity index (χ2v) is 4.82. The van der Waals surface area contributed by atoms with E-state index in [0.717, 1.165) is 23.5 Å². The number of hydrogen-bond donors (Lipinski definition) is 1. The molecule has 1 N–H and O–H groups in total. The van der Waals surface area contributed by atoms with Gasteiger partial charge in [-0.3, -0.25) is 4.98 Å². The third kappa shape index (κ3) is 2.71. The van der Waals surface area contributed by atoms with Crippen molar-refractivity contribution >= 4 is 0 Å². The van der Waals surface area contributed by atoms with Crippen LogP contribution < -0.4 is 5.32 Å². The summed E-state index contributed by atoms with van der Waals surface area (Å²) in [5, 5.41) is 3.12. The molecule has 0 spiro atoms. The number of nitrogens with one attached hydrogen (secondary N) is 1. The van der Waals surface area contributed by atoms with Crippen molar-refractivity contribution in [2.45, 2.75) is 6.54 Å². The molecule has 0 aliphatic carbocycles. The first-order chi connectivity index (χ1) is 10.3. The van der Waals surface area contributed by atoms with Crippen LogP contribution in [0.2, 0.25) is 0 Å². The van der Waals surface area contributed by atoms with Crippen LogP contribution in [-0.2, 0) is 6.54 Å². The van der Waals surface area contributed by atoms with Gasteiger partial charge < -0.3 is 9.88 Å². The normalized spacial score (nSPS) is 10.8. The fourth-order valence-electron chi connectivity index (χ4n) is 2.40. The van der Waals surface area contributed by atoms with Crippen LogP contribution >= 0.6 is 0 Å². The lowest BCUT2D eigenvalue weighted by molar-refractivity contribution is 0.630. The molecule has 0 atom stereocenters. The maximum absolute atomic E-state index is 14.1. The molecular weight excluding hydrogens is 265 g/mol. The van der Waals surface area contributed by atoms with E-state index in [1.807, 2.05) is 42.1 Å². The molecule has 3 aromatic rings. The largest absolute Gasteiger partial charge is 0.316 e. The molecule has 106 valence electrons. The molecule has 0 saturated heterocycles. The van der Waals surface area contributed by atoms with Gasteiger partial charge in [0.2, 0.25) is 0 Å². The Morgan fingerprint density at radius 1 is 1.19 bits per heavy atom. The van der Waals surface area contributed by atoms with E-state index in [1.165, 1.54) is 6.07 Å². The van der Waals surface area contributed by atoms with Crippen LogP contribution in [0.5, 0.6) is 0 Å². The average Bonchev–Trinajstić information content (AvgIpc) is 2.93. The number of halogens is 1. The fourth-order valence-corrected chi connectivity index (χ4v) is 2.40. The van der Waals surface area contributed by atoms with Crippen molar-refractivity contribution in [2.24, 2.45) is 0 Å². The second-order valence-electron chi connectivity index (χ2n) is 4.82. The van der Waals surface area contributed by atoms with Crippen LogP contribution in [0.15, 0.2) is 61.1 Å². The molecular formula is C17H16FN3. The Labute approximate surface area is 123 Å². The van der Waals surface area contributed by atoms with Crippen LogP contribution in [-0.4, -0.2) is 16.6 Å². The molecule has 3 nitrogen and oxygen atoms in total. The summed E-state index contributed by atoms with van der Waals surface area (Å²) in [7, 11) is 1.89. The standard InChI is InChI=1S/C17H16FN3/c1-19-10-13-9-17(15-6-2-3-7-16(15)18)21(12-13)14-5-4-8-20-11-14/h2-9,11-12,19H,10H2,1H3. The first-order valence-electron chi connectivity index (χ1n) is 6.81. The number of pyridine rings is 1. The van der Waals surface area contributed by atoms with Gasteiger partial charge in [-0.15, -0.1) is 0 Å². The Morgan fingerprint density at radius 2 is 2.05 bits per heavy atom. The molecule has 1 aromatic carbocycles. The van der Waals surface area contributed by atoms with Crippen molar-refractivity contribution in [3.05, 3.63) is 72.4 Å². The summed E-state index contributed by atoms with van der Waals surface area (Å²) < 4.78 is 16.1. The van der Waals surface area contributed by atoms with Crippen LogP contribution in [0.25, 0.3) is 16.9 Å². The third-order valence-corrected chi connectivity index (χ3v) is 3.33.